The summed E-state index contributed by atoms with van der Waals surface area (Å²) in [5.74, 6) is 0.866. The molecule has 2 saturated carbocycles. The maximum absolute atomic E-state index is 14.4. The van der Waals surface area contributed by atoms with Crippen LogP contribution in [0, 0.1) is 6.92 Å². The Morgan fingerprint density at radius 3 is 2.40 bits per heavy atom. The fourth-order valence-electron chi connectivity index (χ4n) is 6.14. The predicted octanol–water partition coefficient (Wildman–Crippen LogP) is 4.86. The number of furan rings is 1. The fourth-order valence-corrected chi connectivity index (χ4v) is 6.89. The number of ether oxygens (including phenoxy) is 2. The van der Waals surface area contributed by atoms with Gasteiger partial charge >= 0.3 is 0 Å². The number of nitrogens with two attached hydrogens (primary N) is 1. The van der Waals surface area contributed by atoms with Crippen molar-refractivity contribution in [2.24, 2.45) is 0 Å². The first-order chi connectivity index (χ1) is 20.9. The number of aryl methyl sites for hydroxylation is 1. The molecule has 1 aliphatic heterocycles. The van der Waals surface area contributed by atoms with E-state index in [-0.39, 0.29) is 53.5 Å². The van der Waals surface area contributed by atoms with Gasteiger partial charge in [0.1, 0.15) is 16.4 Å². The molecule has 11 nitrogen and oxygen atoms in total. The van der Waals surface area contributed by atoms with Crippen LogP contribution in [0.5, 0.6) is 11.5 Å². The van der Waals surface area contributed by atoms with Gasteiger partial charge < -0.3 is 35.2 Å². The number of carbonyl (C=O) groups is 3. The van der Waals surface area contributed by atoms with E-state index in [0.717, 1.165) is 74.9 Å². The number of nitrogens with one attached hydrogen (secondary N) is 2. The quantitative estimate of drug-likeness (QED) is 0.312. The van der Waals surface area contributed by atoms with Crippen molar-refractivity contribution in [2.45, 2.75) is 89.4 Å². The van der Waals surface area contributed by atoms with Gasteiger partial charge in [-0.15, -0.1) is 0 Å². The summed E-state index contributed by atoms with van der Waals surface area (Å²) < 4.78 is 21.3. The number of fused-ring (bicyclic) bond motifs is 1. The van der Waals surface area contributed by atoms with Gasteiger partial charge in [-0.3, -0.25) is 14.4 Å². The van der Waals surface area contributed by atoms with Gasteiger partial charge in [0.05, 0.1) is 5.69 Å². The molecular formula is C31H37N5O6S. The van der Waals surface area contributed by atoms with Crippen molar-refractivity contribution in [3.05, 3.63) is 58.0 Å². The van der Waals surface area contributed by atoms with E-state index in [4.69, 9.17) is 19.6 Å². The van der Waals surface area contributed by atoms with E-state index in [1.54, 1.807) is 31.2 Å². The number of nitrogens with zero attached hydrogens (tertiary/aromatic N) is 2. The Hall–Kier alpha value is -4.06. The minimum Gasteiger partial charge on any atom is -0.464 e. The summed E-state index contributed by atoms with van der Waals surface area (Å²) in [5.41, 5.74) is 7.20. The van der Waals surface area contributed by atoms with E-state index in [9.17, 15) is 14.4 Å². The number of rotatable bonds is 9. The highest BCUT2D eigenvalue weighted by molar-refractivity contribution is 7.09. The van der Waals surface area contributed by atoms with Crippen molar-refractivity contribution in [1.82, 2.24) is 19.9 Å². The highest BCUT2D eigenvalue weighted by Crippen LogP contribution is 2.36. The molecule has 43 heavy (non-hydrogen) atoms. The molecule has 0 spiro atoms. The first-order valence-corrected chi connectivity index (χ1v) is 15.8. The fraction of sp³-hybridized carbons (Fsp3) is 0.484. The molecule has 3 aromatic rings. The third kappa shape index (κ3) is 6.34. The average Bonchev–Trinajstić information content (AvgIpc) is 3.81. The molecule has 3 aliphatic rings. The maximum atomic E-state index is 14.4. The highest BCUT2D eigenvalue weighted by atomic mass is 32.1. The lowest BCUT2D eigenvalue weighted by molar-refractivity contribution is -0.127. The molecule has 3 amide bonds. The minimum absolute atomic E-state index is 0.00423. The molecule has 2 fully saturated rings. The summed E-state index contributed by atoms with van der Waals surface area (Å²) in [6.07, 6.45) is 8.94. The van der Waals surface area contributed by atoms with E-state index in [1.165, 1.54) is 4.90 Å². The largest absolute Gasteiger partial charge is 0.464 e. The Labute approximate surface area is 254 Å². The number of carbonyl (C=O) groups excluding carboxylic acids is 3. The van der Waals surface area contributed by atoms with Crippen LogP contribution in [0.4, 0.5) is 5.69 Å². The molecule has 2 aliphatic carbocycles. The van der Waals surface area contributed by atoms with Crippen molar-refractivity contribution in [1.29, 1.82) is 0 Å². The molecule has 1 atom stereocenters. The molecule has 228 valence electrons. The van der Waals surface area contributed by atoms with Gasteiger partial charge in [-0.2, -0.15) is 4.37 Å². The first-order valence-electron chi connectivity index (χ1n) is 15.0. The zero-order valence-electron chi connectivity index (χ0n) is 24.2. The Morgan fingerprint density at radius 2 is 1.67 bits per heavy atom. The standard InChI is InChI=1S/C31H37N5O6S/c1-18-11-13-23(42-18)27(30(38)34-21-9-5-6-10-21)36(16-19-12-14-22-24(15-19)41-17-40-22)31(39)28-25(32)26(35-43-28)29(37)33-20-7-3-2-4-8-20/h11-15,20-21,27H,2-10,16-17,32H2,1H3,(H,33,37)(H,34,38)/t27-/m1/s1. The number of benzene rings is 1. The van der Waals surface area contributed by atoms with Gasteiger partial charge in [-0.1, -0.05) is 38.2 Å². The molecule has 0 saturated heterocycles. The van der Waals surface area contributed by atoms with E-state index in [2.05, 4.69) is 15.0 Å². The topological polar surface area (TPSA) is 149 Å². The van der Waals surface area contributed by atoms with Crippen LogP contribution in [0.1, 0.15) is 101 Å². The van der Waals surface area contributed by atoms with Gasteiger partial charge in [-0.25, -0.2) is 0 Å². The predicted molar refractivity (Wildman–Crippen MR) is 160 cm³/mol. The Kier molecular flexibility index (Phi) is 8.55. The van der Waals surface area contributed by atoms with E-state index in [0.29, 0.717) is 23.0 Å². The zero-order valence-corrected chi connectivity index (χ0v) is 25.0. The average molecular weight is 608 g/mol. The van der Waals surface area contributed by atoms with Crippen molar-refractivity contribution in [2.75, 3.05) is 12.5 Å². The molecule has 6 rings (SSSR count). The third-order valence-electron chi connectivity index (χ3n) is 8.42. The molecule has 1 aromatic carbocycles. The normalized spacial score (nSPS) is 17.5. The van der Waals surface area contributed by atoms with Crippen LogP contribution in [0.25, 0.3) is 0 Å². The summed E-state index contributed by atoms with van der Waals surface area (Å²) in [6.45, 7) is 1.94. The Bertz CT molecular complexity index is 1490. The zero-order chi connectivity index (χ0) is 29.9. The molecule has 0 unspecified atom stereocenters. The number of hydrogen-bond donors (Lipinski definition) is 3. The summed E-state index contributed by atoms with van der Waals surface area (Å²) in [5, 5.41) is 6.17. The second kappa shape index (κ2) is 12.7. The van der Waals surface area contributed by atoms with E-state index in [1.807, 2.05) is 6.07 Å². The Morgan fingerprint density at radius 1 is 0.977 bits per heavy atom. The first kappa shape index (κ1) is 29.0. The highest BCUT2D eigenvalue weighted by Gasteiger charge is 2.38. The lowest BCUT2D eigenvalue weighted by Gasteiger charge is -2.30. The number of nitrogen functional groups attached to an aromatic ring is 1. The Balaban J connectivity index is 1.34. The van der Waals surface area contributed by atoms with Crippen LogP contribution < -0.4 is 25.8 Å². The third-order valence-corrected chi connectivity index (χ3v) is 9.27. The lowest BCUT2D eigenvalue weighted by atomic mass is 9.95. The van der Waals surface area contributed by atoms with Gasteiger partial charge in [0.15, 0.2) is 23.2 Å². The van der Waals surface area contributed by atoms with Crippen LogP contribution >= 0.6 is 11.5 Å². The van der Waals surface area contributed by atoms with Crippen molar-refractivity contribution in [3.63, 3.8) is 0 Å². The van der Waals surface area contributed by atoms with Gasteiger partial charge in [-0.05, 0) is 74.0 Å². The molecule has 2 aromatic heterocycles. The second-order valence-electron chi connectivity index (χ2n) is 11.5. The molecular weight excluding hydrogens is 570 g/mol. The molecule has 4 N–H and O–H groups in total. The van der Waals surface area contributed by atoms with Crippen molar-refractivity contribution < 1.29 is 28.3 Å². The van der Waals surface area contributed by atoms with E-state index >= 15 is 0 Å². The van der Waals surface area contributed by atoms with Crippen LogP contribution in [0.3, 0.4) is 0 Å². The smallest absolute Gasteiger partial charge is 0.273 e. The summed E-state index contributed by atoms with van der Waals surface area (Å²) in [7, 11) is 0. The summed E-state index contributed by atoms with van der Waals surface area (Å²) in [6, 6.07) is 7.88. The van der Waals surface area contributed by atoms with Gasteiger partial charge in [0.25, 0.3) is 17.7 Å². The number of amides is 3. The van der Waals surface area contributed by atoms with E-state index < -0.39 is 11.9 Å². The molecule has 12 heteroatoms. The second-order valence-corrected chi connectivity index (χ2v) is 12.3. The van der Waals surface area contributed by atoms with Gasteiger partial charge in [0, 0.05) is 18.6 Å². The van der Waals surface area contributed by atoms with Crippen LogP contribution in [0.15, 0.2) is 34.7 Å². The maximum Gasteiger partial charge on any atom is 0.273 e. The SMILES string of the molecule is Cc1ccc([C@H](C(=O)NC2CCCC2)N(Cc2ccc3c(c2)OCO3)C(=O)c2snc(C(=O)NC3CCCCC3)c2N)o1. The summed E-state index contributed by atoms with van der Waals surface area (Å²) >= 11 is 0.862. The van der Waals surface area contributed by atoms with Crippen molar-refractivity contribution >= 4 is 34.9 Å². The summed E-state index contributed by atoms with van der Waals surface area (Å²) in [4.78, 5) is 43.0. The number of anilines is 1. The van der Waals surface area contributed by atoms with Crippen LogP contribution in [0.2, 0.25) is 0 Å². The van der Waals surface area contributed by atoms with Crippen molar-refractivity contribution in [3.8, 4) is 11.5 Å². The van der Waals surface area contributed by atoms with Crippen LogP contribution in [-0.2, 0) is 11.3 Å². The van der Waals surface area contributed by atoms with Gasteiger partial charge in [0.2, 0.25) is 6.79 Å². The molecule has 0 radical (unpaired) electrons. The molecule has 0 bridgehead atoms. The number of aromatic nitrogens is 1. The number of hydrogen-bond acceptors (Lipinski definition) is 9. The van der Waals surface area contributed by atoms with Crippen LogP contribution in [-0.4, -0.2) is 45.9 Å². The minimum atomic E-state index is -1.09. The molecule has 3 heterocycles. The lowest BCUT2D eigenvalue weighted by Crippen LogP contribution is -2.45. The monoisotopic (exact) mass is 607 g/mol.